The molecule has 2 heterocycles. The number of carbonyl (C=O) groups is 1. The molecule has 0 saturated carbocycles. The van der Waals surface area contributed by atoms with Gasteiger partial charge in [-0.05, 0) is 12.3 Å². The minimum Gasteiger partial charge on any atom is -0.333 e. The molecular weight excluding hydrogens is 247 g/mol. The van der Waals surface area contributed by atoms with E-state index in [0.29, 0.717) is 17.9 Å². The number of hydrogen-bond donors (Lipinski definition) is 1. The molecule has 0 aromatic heterocycles. The number of nitrogens with one attached hydrogen (secondary N) is 1. The molecule has 2 rings (SSSR count). The van der Waals surface area contributed by atoms with Crippen molar-refractivity contribution in [2.75, 3.05) is 19.6 Å². The summed E-state index contributed by atoms with van der Waals surface area (Å²) in [6.07, 6.45) is -5.36. The normalized spacial score (nSPS) is 29.6. The summed E-state index contributed by atoms with van der Waals surface area (Å²) < 4.78 is 62.0. The van der Waals surface area contributed by atoms with Crippen molar-refractivity contribution in [2.24, 2.45) is 5.92 Å². The minimum absolute atomic E-state index is 0.0111. The molecule has 17 heavy (non-hydrogen) atoms. The van der Waals surface area contributed by atoms with Crippen LogP contribution in [0.3, 0.4) is 0 Å². The summed E-state index contributed by atoms with van der Waals surface area (Å²) in [6, 6.07) is -0.532. The third-order valence-corrected chi connectivity index (χ3v) is 3.33. The van der Waals surface area contributed by atoms with Gasteiger partial charge in [-0.1, -0.05) is 0 Å². The number of rotatable bonds is 1. The zero-order valence-corrected chi connectivity index (χ0v) is 8.73. The van der Waals surface area contributed by atoms with Crippen LogP contribution in [0.25, 0.3) is 0 Å². The van der Waals surface area contributed by atoms with E-state index in [0.717, 1.165) is 0 Å². The van der Waals surface area contributed by atoms with Gasteiger partial charge >= 0.3 is 18.0 Å². The van der Waals surface area contributed by atoms with Crippen LogP contribution in [-0.2, 0) is 4.79 Å². The fourth-order valence-corrected chi connectivity index (χ4v) is 2.40. The van der Waals surface area contributed by atoms with Crippen LogP contribution < -0.4 is 5.32 Å². The van der Waals surface area contributed by atoms with Gasteiger partial charge in [0.2, 0.25) is 0 Å². The predicted molar refractivity (Wildman–Crippen MR) is 47.5 cm³/mol. The molecule has 0 aliphatic carbocycles. The smallest absolute Gasteiger partial charge is 0.333 e. The van der Waals surface area contributed by atoms with Gasteiger partial charge in [0.1, 0.15) is 0 Å². The molecule has 0 spiro atoms. The van der Waals surface area contributed by atoms with Gasteiger partial charge in [0.05, 0.1) is 0 Å². The van der Waals surface area contributed by atoms with Crippen molar-refractivity contribution in [3.8, 4) is 0 Å². The average molecular weight is 258 g/mol. The lowest BCUT2D eigenvalue weighted by molar-refractivity contribution is -0.274. The highest BCUT2D eigenvalue weighted by atomic mass is 19.4. The first-order valence-electron chi connectivity index (χ1n) is 5.21. The Hall–Kier alpha value is -0.920. The van der Waals surface area contributed by atoms with Crippen molar-refractivity contribution in [3.05, 3.63) is 0 Å². The monoisotopic (exact) mass is 258 g/mol. The second-order valence-electron chi connectivity index (χ2n) is 4.35. The Balaban J connectivity index is 2.15. The fraction of sp³-hybridized carbons (Fsp3) is 0.889. The Morgan fingerprint density at radius 3 is 2.41 bits per heavy atom. The lowest BCUT2D eigenvalue weighted by atomic mass is 10.1. The largest absolute Gasteiger partial charge is 0.463 e. The maximum Gasteiger partial charge on any atom is 0.463 e. The number of halogens is 5. The van der Waals surface area contributed by atoms with Gasteiger partial charge in [-0.2, -0.15) is 22.0 Å². The summed E-state index contributed by atoms with van der Waals surface area (Å²) >= 11 is 0. The first-order chi connectivity index (χ1) is 7.75. The molecule has 0 bridgehead atoms. The third kappa shape index (κ3) is 1.88. The van der Waals surface area contributed by atoms with E-state index in [1.54, 1.807) is 0 Å². The number of nitrogens with zero attached hydrogens (tertiary/aromatic N) is 1. The number of alkyl halides is 5. The SMILES string of the molecule is O=C(N1CC[C@H]2CNC[C@H]21)C(F)(F)C(F)(F)F. The van der Waals surface area contributed by atoms with Crippen molar-refractivity contribution < 1.29 is 26.7 Å². The van der Waals surface area contributed by atoms with Gasteiger partial charge < -0.3 is 10.2 Å². The molecule has 3 nitrogen and oxygen atoms in total. The summed E-state index contributed by atoms with van der Waals surface area (Å²) in [5.74, 6) is -7.42. The highest BCUT2D eigenvalue weighted by molar-refractivity contribution is 5.85. The molecule has 0 unspecified atom stereocenters. The van der Waals surface area contributed by atoms with Gasteiger partial charge in [-0.3, -0.25) is 4.79 Å². The van der Waals surface area contributed by atoms with Crippen molar-refractivity contribution in [3.63, 3.8) is 0 Å². The lowest BCUT2D eigenvalue weighted by Gasteiger charge is -2.28. The van der Waals surface area contributed by atoms with E-state index in [1.165, 1.54) is 0 Å². The van der Waals surface area contributed by atoms with Crippen molar-refractivity contribution in [1.29, 1.82) is 0 Å². The standard InChI is InChI=1S/C9H11F5N2O/c10-8(11,9(12,13)14)7(17)16-2-1-5-3-15-4-6(5)16/h5-6,15H,1-4H2/t5-,6+/m0/s1. The van der Waals surface area contributed by atoms with E-state index in [2.05, 4.69) is 5.32 Å². The first-order valence-corrected chi connectivity index (χ1v) is 5.21. The molecule has 1 N–H and O–H groups in total. The summed E-state index contributed by atoms with van der Waals surface area (Å²) in [5, 5.41) is 2.88. The highest BCUT2D eigenvalue weighted by Crippen LogP contribution is 2.39. The van der Waals surface area contributed by atoms with E-state index < -0.39 is 24.0 Å². The summed E-state index contributed by atoms with van der Waals surface area (Å²) in [5.41, 5.74) is 0. The van der Waals surface area contributed by atoms with Crippen molar-refractivity contribution >= 4 is 5.91 Å². The number of fused-ring (bicyclic) bond motifs is 1. The number of hydrogen-bond acceptors (Lipinski definition) is 2. The van der Waals surface area contributed by atoms with Crippen LogP contribution in [0.1, 0.15) is 6.42 Å². The van der Waals surface area contributed by atoms with E-state index in [9.17, 15) is 26.7 Å². The third-order valence-electron chi connectivity index (χ3n) is 3.33. The van der Waals surface area contributed by atoms with E-state index >= 15 is 0 Å². The topological polar surface area (TPSA) is 32.3 Å². The Kier molecular flexibility index (Phi) is 2.80. The molecule has 2 fully saturated rings. The van der Waals surface area contributed by atoms with Gasteiger partial charge in [-0.15, -0.1) is 0 Å². The maximum absolute atomic E-state index is 12.9. The average Bonchev–Trinajstić information content (AvgIpc) is 2.75. The molecular formula is C9H11F5N2O. The molecule has 0 aromatic carbocycles. The fourth-order valence-electron chi connectivity index (χ4n) is 2.40. The van der Waals surface area contributed by atoms with Crippen molar-refractivity contribution in [1.82, 2.24) is 10.2 Å². The van der Waals surface area contributed by atoms with Crippen LogP contribution in [0.5, 0.6) is 0 Å². The molecule has 2 atom stereocenters. The Morgan fingerprint density at radius 2 is 1.82 bits per heavy atom. The Bertz CT molecular complexity index is 330. The minimum atomic E-state index is -5.83. The maximum atomic E-state index is 12.9. The molecule has 98 valence electrons. The first kappa shape index (κ1) is 12.5. The Morgan fingerprint density at radius 1 is 1.18 bits per heavy atom. The van der Waals surface area contributed by atoms with Crippen LogP contribution in [0.2, 0.25) is 0 Å². The van der Waals surface area contributed by atoms with Gasteiger partial charge in [0.25, 0.3) is 0 Å². The second-order valence-corrected chi connectivity index (χ2v) is 4.35. The molecule has 2 aliphatic rings. The molecule has 8 heteroatoms. The number of carbonyl (C=O) groups excluding carboxylic acids is 1. The molecule has 0 radical (unpaired) electrons. The quantitative estimate of drug-likeness (QED) is 0.712. The van der Waals surface area contributed by atoms with Crippen LogP contribution in [0.4, 0.5) is 22.0 Å². The summed E-state index contributed by atoms with van der Waals surface area (Å²) in [6.45, 7) is 0.817. The van der Waals surface area contributed by atoms with E-state index in [4.69, 9.17) is 0 Å². The predicted octanol–water partition coefficient (Wildman–Crippen LogP) is 1.00. The number of amides is 1. The van der Waals surface area contributed by atoms with Crippen LogP contribution in [-0.4, -0.2) is 48.6 Å². The van der Waals surface area contributed by atoms with Gasteiger partial charge in [0, 0.05) is 25.7 Å². The van der Waals surface area contributed by atoms with E-state index in [-0.39, 0.29) is 19.0 Å². The zero-order valence-electron chi connectivity index (χ0n) is 8.73. The van der Waals surface area contributed by atoms with Gasteiger partial charge in [-0.25, -0.2) is 0 Å². The summed E-state index contributed by atoms with van der Waals surface area (Å²) in [4.78, 5) is 11.9. The molecule has 2 aliphatic heterocycles. The van der Waals surface area contributed by atoms with Crippen LogP contribution in [0, 0.1) is 5.92 Å². The Labute approximate surface area is 93.9 Å². The number of likely N-dealkylation sites (tertiary alicyclic amines) is 1. The van der Waals surface area contributed by atoms with Crippen LogP contribution >= 0.6 is 0 Å². The van der Waals surface area contributed by atoms with Gasteiger partial charge in [0.15, 0.2) is 0 Å². The summed E-state index contributed by atoms with van der Waals surface area (Å²) in [7, 11) is 0. The van der Waals surface area contributed by atoms with Crippen molar-refractivity contribution in [2.45, 2.75) is 24.6 Å². The lowest BCUT2D eigenvalue weighted by Crippen LogP contribution is -2.54. The van der Waals surface area contributed by atoms with E-state index in [1.807, 2.05) is 0 Å². The molecule has 0 aromatic rings. The molecule has 2 saturated heterocycles. The zero-order chi connectivity index (χ0) is 12.8. The second kappa shape index (κ2) is 3.79. The highest BCUT2D eigenvalue weighted by Gasteiger charge is 2.65. The molecule has 1 amide bonds. The van der Waals surface area contributed by atoms with Crippen LogP contribution in [0.15, 0.2) is 0 Å².